The molecule has 1 amide bonds. The van der Waals surface area contributed by atoms with Crippen molar-refractivity contribution in [2.24, 2.45) is 0 Å². The van der Waals surface area contributed by atoms with E-state index in [0.29, 0.717) is 18.1 Å². The van der Waals surface area contributed by atoms with E-state index in [9.17, 15) is 4.79 Å². The Hall–Kier alpha value is -3.41. The molecule has 3 rings (SSSR count). The van der Waals surface area contributed by atoms with E-state index in [0.717, 1.165) is 17.1 Å². The van der Waals surface area contributed by atoms with Gasteiger partial charge in [-0.3, -0.25) is 4.79 Å². The monoisotopic (exact) mass is 348 g/mol. The fourth-order valence-electron chi connectivity index (χ4n) is 2.54. The Kier molecular flexibility index (Phi) is 5.43. The van der Waals surface area contributed by atoms with Gasteiger partial charge in [0.15, 0.2) is 0 Å². The van der Waals surface area contributed by atoms with Gasteiger partial charge in [-0.2, -0.15) is 0 Å². The number of carbonyl (C=O) groups is 1. The maximum atomic E-state index is 12.7. The van der Waals surface area contributed by atoms with E-state index in [4.69, 9.17) is 4.74 Å². The molecule has 0 atom stereocenters. The molecule has 0 aliphatic carbocycles. The summed E-state index contributed by atoms with van der Waals surface area (Å²) >= 11 is 0. The molecule has 3 aromatic rings. The molecule has 0 bridgehead atoms. The number of amides is 1. The van der Waals surface area contributed by atoms with Gasteiger partial charge in [0.2, 0.25) is 5.95 Å². The zero-order valence-corrected chi connectivity index (χ0v) is 14.7. The summed E-state index contributed by atoms with van der Waals surface area (Å²) < 4.78 is 5.19. The first-order chi connectivity index (χ1) is 12.7. The molecule has 0 unspecified atom stereocenters. The minimum Gasteiger partial charge on any atom is -0.497 e. The summed E-state index contributed by atoms with van der Waals surface area (Å²) in [5.74, 6) is 1.02. The molecule has 0 fully saturated rings. The van der Waals surface area contributed by atoms with Crippen LogP contribution in [0, 0.1) is 0 Å². The maximum absolute atomic E-state index is 12.7. The van der Waals surface area contributed by atoms with Crippen LogP contribution in [0.5, 0.6) is 5.75 Å². The van der Waals surface area contributed by atoms with Crippen molar-refractivity contribution in [2.45, 2.75) is 6.92 Å². The van der Waals surface area contributed by atoms with Crippen molar-refractivity contribution in [2.75, 3.05) is 23.9 Å². The second kappa shape index (κ2) is 8.11. The summed E-state index contributed by atoms with van der Waals surface area (Å²) in [5, 5.41) is 3.09. The first kappa shape index (κ1) is 17.4. The molecule has 0 saturated heterocycles. The molecule has 0 spiro atoms. The number of carbonyl (C=O) groups excluding carboxylic acids is 1. The van der Waals surface area contributed by atoms with Crippen LogP contribution in [0.1, 0.15) is 17.3 Å². The fraction of sp³-hybridized carbons (Fsp3) is 0.150. The zero-order valence-electron chi connectivity index (χ0n) is 14.7. The van der Waals surface area contributed by atoms with Crippen LogP contribution in [0.4, 0.5) is 17.3 Å². The van der Waals surface area contributed by atoms with Gasteiger partial charge in [0.25, 0.3) is 5.91 Å². The number of ether oxygens (including phenoxy) is 1. The number of rotatable bonds is 6. The summed E-state index contributed by atoms with van der Waals surface area (Å²) in [6.45, 7) is 2.50. The third-order valence-electron chi connectivity index (χ3n) is 3.85. The van der Waals surface area contributed by atoms with Gasteiger partial charge in [0.05, 0.1) is 12.7 Å². The average Bonchev–Trinajstić information content (AvgIpc) is 2.70. The lowest BCUT2D eigenvalue weighted by Crippen LogP contribution is -2.30. The molecule has 0 saturated carbocycles. The predicted octanol–water partition coefficient (Wildman–Crippen LogP) is 3.90. The van der Waals surface area contributed by atoms with Gasteiger partial charge in [-0.05, 0) is 31.2 Å². The smallest absolute Gasteiger partial charge is 0.261 e. The van der Waals surface area contributed by atoms with E-state index in [1.807, 2.05) is 61.5 Å². The van der Waals surface area contributed by atoms with Crippen LogP contribution in [0.2, 0.25) is 0 Å². The van der Waals surface area contributed by atoms with Crippen molar-refractivity contribution >= 4 is 23.2 Å². The second-order valence-corrected chi connectivity index (χ2v) is 5.54. The van der Waals surface area contributed by atoms with E-state index in [1.54, 1.807) is 12.0 Å². The third kappa shape index (κ3) is 3.97. The molecular formula is C20H20N4O2. The summed E-state index contributed by atoms with van der Waals surface area (Å²) in [4.78, 5) is 22.9. The summed E-state index contributed by atoms with van der Waals surface area (Å²) in [5.41, 5.74) is 2.09. The van der Waals surface area contributed by atoms with Crippen molar-refractivity contribution in [3.63, 3.8) is 0 Å². The average molecular weight is 348 g/mol. The minimum absolute atomic E-state index is 0.133. The molecule has 0 aliphatic rings. The lowest BCUT2D eigenvalue weighted by Gasteiger charge is -2.20. The van der Waals surface area contributed by atoms with E-state index in [2.05, 4.69) is 15.3 Å². The molecular weight excluding hydrogens is 328 g/mol. The number of nitrogens with zero attached hydrogens (tertiary/aromatic N) is 3. The van der Waals surface area contributed by atoms with Gasteiger partial charge in [0, 0.05) is 36.4 Å². The van der Waals surface area contributed by atoms with E-state index in [-0.39, 0.29) is 5.91 Å². The van der Waals surface area contributed by atoms with Crippen LogP contribution in [-0.4, -0.2) is 29.5 Å². The maximum Gasteiger partial charge on any atom is 0.261 e. The summed E-state index contributed by atoms with van der Waals surface area (Å²) in [6.07, 6.45) is 3.06. The molecule has 1 heterocycles. The Bertz CT molecular complexity index is 866. The Morgan fingerprint density at radius 2 is 1.81 bits per heavy atom. The molecule has 0 radical (unpaired) electrons. The first-order valence-corrected chi connectivity index (χ1v) is 8.31. The largest absolute Gasteiger partial charge is 0.497 e. The highest BCUT2D eigenvalue weighted by Crippen LogP contribution is 2.20. The van der Waals surface area contributed by atoms with Crippen LogP contribution >= 0.6 is 0 Å². The number of benzene rings is 2. The normalized spacial score (nSPS) is 10.2. The molecule has 1 N–H and O–H groups in total. The van der Waals surface area contributed by atoms with E-state index in [1.165, 1.54) is 12.4 Å². The Morgan fingerprint density at radius 1 is 1.08 bits per heavy atom. The van der Waals surface area contributed by atoms with Gasteiger partial charge in [0.1, 0.15) is 5.75 Å². The number of anilines is 3. The van der Waals surface area contributed by atoms with Gasteiger partial charge in [-0.25, -0.2) is 9.97 Å². The minimum atomic E-state index is -0.133. The quantitative estimate of drug-likeness (QED) is 0.732. The standard InChI is InChI=1S/C20H20N4O2/c1-3-24(17-9-5-4-6-10-17)19(25)15-13-21-20(22-14-15)23-16-8-7-11-18(12-16)26-2/h4-14H,3H2,1-2H3,(H,21,22,23). The molecule has 0 aliphatic heterocycles. The lowest BCUT2D eigenvalue weighted by molar-refractivity contribution is 0.0987. The van der Waals surface area contributed by atoms with Gasteiger partial charge in [-0.15, -0.1) is 0 Å². The highest BCUT2D eigenvalue weighted by atomic mass is 16.5. The van der Waals surface area contributed by atoms with Crippen LogP contribution in [0.25, 0.3) is 0 Å². The molecule has 26 heavy (non-hydrogen) atoms. The number of hydrogen-bond donors (Lipinski definition) is 1. The van der Waals surface area contributed by atoms with E-state index >= 15 is 0 Å². The summed E-state index contributed by atoms with van der Waals surface area (Å²) in [6, 6.07) is 17.0. The fourth-order valence-corrected chi connectivity index (χ4v) is 2.54. The van der Waals surface area contributed by atoms with Crippen LogP contribution in [0.3, 0.4) is 0 Å². The first-order valence-electron chi connectivity index (χ1n) is 8.31. The molecule has 1 aromatic heterocycles. The van der Waals surface area contributed by atoms with Crippen molar-refractivity contribution < 1.29 is 9.53 Å². The van der Waals surface area contributed by atoms with Crippen molar-refractivity contribution in [1.82, 2.24) is 9.97 Å². The Balaban J connectivity index is 1.75. The second-order valence-electron chi connectivity index (χ2n) is 5.54. The van der Waals surface area contributed by atoms with Crippen molar-refractivity contribution in [3.8, 4) is 5.75 Å². The van der Waals surface area contributed by atoms with Gasteiger partial charge >= 0.3 is 0 Å². The Labute approximate surface area is 152 Å². The number of aromatic nitrogens is 2. The number of nitrogens with one attached hydrogen (secondary N) is 1. The number of para-hydroxylation sites is 1. The molecule has 132 valence electrons. The number of methoxy groups -OCH3 is 1. The summed E-state index contributed by atoms with van der Waals surface area (Å²) in [7, 11) is 1.61. The Morgan fingerprint density at radius 3 is 2.46 bits per heavy atom. The molecule has 6 nitrogen and oxygen atoms in total. The van der Waals surface area contributed by atoms with Crippen LogP contribution in [0.15, 0.2) is 67.0 Å². The lowest BCUT2D eigenvalue weighted by atomic mass is 10.2. The predicted molar refractivity (Wildman–Crippen MR) is 102 cm³/mol. The highest BCUT2D eigenvalue weighted by molar-refractivity contribution is 6.05. The highest BCUT2D eigenvalue weighted by Gasteiger charge is 2.16. The van der Waals surface area contributed by atoms with Gasteiger partial charge < -0.3 is 15.0 Å². The number of hydrogen-bond acceptors (Lipinski definition) is 5. The molecule has 6 heteroatoms. The van der Waals surface area contributed by atoms with Crippen LogP contribution in [-0.2, 0) is 0 Å². The third-order valence-corrected chi connectivity index (χ3v) is 3.85. The van der Waals surface area contributed by atoms with Crippen molar-refractivity contribution in [3.05, 3.63) is 72.6 Å². The van der Waals surface area contributed by atoms with Crippen molar-refractivity contribution in [1.29, 1.82) is 0 Å². The zero-order chi connectivity index (χ0) is 18.4. The molecule has 2 aromatic carbocycles. The van der Waals surface area contributed by atoms with E-state index < -0.39 is 0 Å². The SMILES string of the molecule is CCN(C(=O)c1cnc(Nc2cccc(OC)c2)nc1)c1ccccc1. The van der Waals surface area contributed by atoms with Crippen LogP contribution < -0.4 is 15.0 Å². The topological polar surface area (TPSA) is 67.4 Å². The van der Waals surface area contributed by atoms with Gasteiger partial charge in [-0.1, -0.05) is 24.3 Å².